The van der Waals surface area contributed by atoms with E-state index in [0.717, 1.165) is 11.5 Å². The zero-order valence-electron chi connectivity index (χ0n) is 8.65. The summed E-state index contributed by atoms with van der Waals surface area (Å²) >= 11 is 0. The Morgan fingerprint density at radius 3 is 2.59 bits per heavy atom. The number of hydrogen-bond donors (Lipinski definition) is 0. The predicted molar refractivity (Wildman–Crippen MR) is 52.1 cm³/mol. The van der Waals surface area contributed by atoms with E-state index in [1.165, 1.54) is 12.1 Å². The molecule has 0 unspecified atom stereocenters. The van der Waals surface area contributed by atoms with Gasteiger partial charge in [-0.2, -0.15) is 0 Å². The second-order valence-corrected chi connectivity index (χ2v) is 3.29. The molecule has 7 heteroatoms. The second-order valence-electron chi connectivity index (χ2n) is 3.29. The van der Waals surface area contributed by atoms with Crippen molar-refractivity contribution < 1.29 is 22.4 Å². The lowest BCUT2D eigenvalue weighted by atomic mass is 10.3. The van der Waals surface area contributed by atoms with E-state index in [4.69, 9.17) is 4.42 Å². The fourth-order valence-corrected chi connectivity index (χ4v) is 1.46. The quantitative estimate of drug-likeness (QED) is 0.667. The van der Waals surface area contributed by atoms with Crippen LogP contribution in [0.1, 0.15) is 11.7 Å². The van der Waals surface area contributed by atoms with Gasteiger partial charge >= 0.3 is 12.0 Å². The Labute approximate surface area is 93.0 Å². The standard InChI is InChI=1S/C10H7F3N2O2/c1-6(16)15-7-4-2-3-5-8(7)17-9(15)14-10(11,12)13/h2-5H,1H3/b14-9+. The lowest BCUT2D eigenvalue weighted by Gasteiger charge is -1.97. The summed E-state index contributed by atoms with van der Waals surface area (Å²) in [6.45, 7) is 1.14. The summed E-state index contributed by atoms with van der Waals surface area (Å²) in [6.07, 6.45) is -4.79. The molecule has 90 valence electrons. The first-order valence-corrected chi connectivity index (χ1v) is 4.62. The molecule has 17 heavy (non-hydrogen) atoms. The molecular formula is C10H7F3N2O2. The Morgan fingerprint density at radius 1 is 1.35 bits per heavy atom. The zero-order chi connectivity index (χ0) is 12.6. The number of benzene rings is 1. The Balaban J connectivity index is 2.84. The van der Waals surface area contributed by atoms with E-state index in [2.05, 4.69) is 4.99 Å². The molecule has 2 aromatic rings. The molecule has 0 saturated heterocycles. The van der Waals surface area contributed by atoms with E-state index < -0.39 is 17.9 Å². The number of alkyl halides is 3. The van der Waals surface area contributed by atoms with Crippen LogP contribution in [0.25, 0.3) is 11.1 Å². The first kappa shape index (κ1) is 11.4. The molecule has 1 aromatic carbocycles. The van der Waals surface area contributed by atoms with Gasteiger partial charge in [-0.15, -0.1) is 18.2 Å². The Kier molecular flexibility index (Phi) is 2.53. The summed E-state index contributed by atoms with van der Waals surface area (Å²) in [6, 6.07) is 6.13. The number of aromatic nitrogens is 1. The molecule has 0 spiro atoms. The van der Waals surface area contributed by atoms with Gasteiger partial charge in [0.25, 0.3) is 0 Å². The number of oxazole rings is 1. The minimum Gasteiger partial charge on any atom is -0.423 e. The molecule has 0 amide bonds. The third-order valence-electron chi connectivity index (χ3n) is 2.04. The van der Waals surface area contributed by atoms with Crippen LogP contribution in [0.4, 0.5) is 13.2 Å². The van der Waals surface area contributed by atoms with Crippen LogP contribution in [0.2, 0.25) is 0 Å². The summed E-state index contributed by atoms with van der Waals surface area (Å²) < 4.78 is 42.2. The first-order valence-electron chi connectivity index (χ1n) is 4.62. The average molecular weight is 244 g/mol. The Hall–Kier alpha value is -2.05. The summed E-state index contributed by atoms with van der Waals surface area (Å²) in [4.78, 5) is 13.7. The van der Waals surface area contributed by atoms with Gasteiger partial charge in [-0.25, -0.2) is 4.57 Å². The summed E-state index contributed by atoms with van der Waals surface area (Å²) in [5.41, 5.74) is -0.347. The van der Waals surface area contributed by atoms with Crippen molar-refractivity contribution in [1.29, 1.82) is 0 Å². The fraction of sp³-hybridized carbons (Fsp3) is 0.200. The molecule has 0 N–H and O–H groups in total. The van der Waals surface area contributed by atoms with Crippen LogP contribution < -0.4 is 5.68 Å². The molecule has 1 aromatic heterocycles. The van der Waals surface area contributed by atoms with Gasteiger partial charge in [-0.3, -0.25) is 4.79 Å². The maximum Gasteiger partial charge on any atom is 0.507 e. The molecule has 0 aliphatic heterocycles. The van der Waals surface area contributed by atoms with Crippen LogP contribution in [0.3, 0.4) is 0 Å². The number of nitrogens with zero attached hydrogens (tertiary/aromatic N) is 2. The molecule has 0 fully saturated rings. The summed E-state index contributed by atoms with van der Waals surface area (Å²) in [5, 5.41) is 0. The van der Waals surface area contributed by atoms with E-state index in [1.54, 1.807) is 12.1 Å². The van der Waals surface area contributed by atoms with Crippen LogP contribution in [0, 0.1) is 0 Å². The van der Waals surface area contributed by atoms with Crippen molar-refractivity contribution >= 4 is 17.0 Å². The van der Waals surface area contributed by atoms with Gasteiger partial charge in [-0.05, 0) is 12.1 Å². The van der Waals surface area contributed by atoms with E-state index in [-0.39, 0.29) is 11.1 Å². The van der Waals surface area contributed by atoms with Crippen molar-refractivity contribution in [1.82, 2.24) is 4.57 Å². The number of hydrogen-bond acceptors (Lipinski definition) is 3. The SMILES string of the molecule is CC(=O)n1/c(=N\C(F)(F)F)oc2ccccc21. The highest BCUT2D eigenvalue weighted by Gasteiger charge is 2.28. The smallest absolute Gasteiger partial charge is 0.423 e. The van der Waals surface area contributed by atoms with E-state index >= 15 is 0 Å². The highest BCUT2D eigenvalue weighted by atomic mass is 19.4. The number of halogens is 3. The largest absolute Gasteiger partial charge is 0.507 e. The molecule has 0 saturated carbocycles. The van der Waals surface area contributed by atoms with Crippen molar-refractivity contribution in [3.8, 4) is 0 Å². The summed E-state index contributed by atoms with van der Waals surface area (Å²) in [7, 11) is 0. The molecule has 1 heterocycles. The van der Waals surface area contributed by atoms with Gasteiger partial charge in [0.05, 0.1) is 5.52 Å². The maximum absolute atomic E-state index is 12.2. The van der Waals surface area contributed by atoms with Crippen molar-refractivity contribution in [2.75, 3.05) is 0 Å². The van der Waals surface area contributed by atoms with Crippen LogP contribution >= 0.6 is 0 Å². The molecular weight excluding hydrogens is 237 g/mol. The number of para-hydroxylation sites is 2. The molecule has 0 bridgehead atoms. The Bertz CT molecular complexity index is 637. The van der Waals surface area contributed by atoms with Crippen LogP contribution in [0.15, 0.2) is 33.7 Å². The van der Waals surface area contributed by atoms with E-state index in [1.807, 2.05) is 0 Å². The average Bonchev–Trinajstić information content (AvgIpc) is 2.51. The van der Waals surface area contributed by atoms with E-state index in [0.29, 0.717) is 0 Å². The van der Waals surface area contributed by atoms with Crippen LogP contribution in [0.5, 0.6) is 0 Å². The van der Waals surface area contributed by atoms with Crippen molar-refractivity contribution in [3.05, 3.63) is 29.9 Å². The highest BCUT2D eigenvalue weighted by Crippen LogP contribution is 2.17. The van der Waals surface area contributed by atoms with Crippen LogP contribution in [-0.4, -0.2) is 16.8 Å². The van der Waals surface area contributed by atoms with Gasteiger partial charge in [0.15, 0.2) is 5.58 Å². The van der Waals surface area contributed by atoms with Gasteiger partial charge in [0, 0.05) is 6.92 Å². The van der Waals surface area contributed by atoms with Gasteiger partial charge in [0.2, 0.25) is 5.91 Å². The van der Waals surface area contributed by atoms with Crippen LogP contribution in [-0.2, 0) is 0 Å². The molecule has 4 nitrogen and oxygen atoms in total. The van der Waals surface area contributed by atoms with Gasteiger partial charge in [-0.1, -0.05) is 12.1 Å². The summed E-state index contributed by atoms with van der Waals surface area (Å²) in [5.74, 6) is -0.599. The van der Waals surface area contributed by atoms with Gasteiger partial charge in [0.1, 0.15) is 0 Å². The first-order chi connectivity index (χ1) is 7.88. The molecule has 2 rings (SSSR count). The topological polar surface area (TPSA) is 47.5 Å². The lowest BCUT2D eigenvalue weighted by Crippen LogP contribution is -2.24. The van der Waals surface area contributed by atoms with Gasteiger partial charge < -0.3 is 4.42 Å². The minimum absolute atomic E-state index is 0.172. The van der Waals surface area contributed by atoms with Crippen molar-refractivity contribution in [2.24, 2.45) is 4.99 Å². The molecule has 0 radical (unpaired) electrons. The van der Waals surface area contributed by atoms with E-state index in [9.17, 15) is 18.0 Å². The number of carbonyl (C=O) groups excluding carboxylic acids is 1. The van der Waals surface area contributed by atoms with Crippen molar-refractivity contribution in [3.63, 3.8) is 0 Å². The number of rotatable bonds is 0. The highest BCUT2D eigenvalue weighted by molar-refractivity contribution is 5.87. The third-order valence-corrected chi connectivity index (χ3v) is 2.04. The molecule has 0 aliphatic carbocycles. The number of fused-ring (bicyclic) bond motifs is 1. The number of carbonyl (C=O) groups is 1. The zero-order valence-corrected chi connectivity index (χ0v) is 8.65. The second kappa shape index (κ2) is 3.76. The molecule has 0 atom stereocenters. The minimum atomic E-state index is -4.79. The maximum atomic E-state index is 12.2. The third kappa shape index (κ3) is 2.22. The predicted octanol–water partition coefficient (Wildman–Crippen LogP) is 2.31. The lowest BCUT2D eigenvalue weighted by molar-refractivity contribution is -0.125. The van der Waals surface area contributed by atoms with Crippen molar-refractivity contribution in [2.45, 2.75) is 13.2 Å². The normalized spacial score (nSPS) is 13.3. The monoisotopic (exact) mass is 244 g/mol. The Morgan fingerprint density at radius 2 is 2.00 bits per heavy atom. The fourth-order valence-electron chi connectivity index (χ4n) is 1.46. The molecule has 0 aliphatic rings.